The van der Waals surface area contributed by atoms with Crippen LogP contribution in [0.25, 0.3) is 11.0 Å². The summed E-state index contributed by atoms with van der Waals surface area (Å²) in [5, 5.41) is 21.2. The van der Waals surface area contributed by atoms with E-state index in [9.17, 15) is 29.6 Å². The second-order valence-electron chi connectivity index (χ2n) is 7.49. The predicted octanol–water partition coefficient (Wildman–Crippen LogP) is 3.05. The number of aryl methyl sites for hydroxylation is 3. The Morgan fingerprint density at radius 3 is 2.71 bits per heavy atom. The molecule has 0 radical (unpaired) electrons. The van der Waals surface area contributed by atoms with Crippen LogP contribution in [0.1, 0.15) is 25.9 Å². The van der Waals surface area contributed by atoms with Crippen LogP contribution in [-0.4, -0.2) is 43.4 Å². The zero-order valence-electron chi connectivity index (χ0n) is 17.9. The molecule has 11 nitrogen and oxygen atoms in total. The Morgan fingerprint density at radius 1 is 1.21 bits per heavy atom. The summed E-state index contributed by atoms with van der Waals surface area (Å²) in [6, 6.07) is 8.83. The predicted molar refractivity (Wildman–Crippen MR) is 126 cm³/mol. The molecule has 0 aliphatic carbocycles. The molecule has 0 atom stereocenters. The average Bonchev–Trinajstić information content (AvgIpc) is 3.42. The number of nitrogens with zero attached hydrogens (tertiary/aromatic N) is 3. The standard InChI is InChI=1S/C22H19N5O6S/c1-12-24-20-19(21(30)25-12)13(10-23-20)6-7-14-8-9-17(34-14)22(31)26(11-18(28)29)15-4-2-3-5-16(15)27(32)33/h2-5,8-10H,6-7,11H2,1H3,(H,28,29)(H2,23,24,25,30). The summed E-state index contributed by atoms with van der Waals surface area (Å²) in [6.07, 6.45) is 2.78. The van der Waals surface area contributed by atoms with Crippen molar-refractivity contribution in [3.63, 3.8) is 0 Å². The highest BCUT2D eigenvalue weighted by molar-refractivity contribution is 7.14. The number of carboxylic acid groups (broad SMARTS) is 1. The van der Waals surface area contributed by atoms with Crippen LogP contribution in [0, 0.1) is 17.0 Å². The van der Waals surface area contributed by atoms with E-state index >= 15 is 0 Å². The summed E-state index contributed by atoms with van der Waals surface area (Å²) in [6.45, 7) is 0.977. The van der Waals surface area contributed by atoms with Crippen molar-refractivity contribution in [2.45, 2.75) is 19.8 Å². The first-order valence-corrected chi connectivity index (χ1v) is 11.0. The van der Waals surface area contributed by atoms with Gasteiger partial charge in [-0.2, -0.15) is 0 Å². The van der Waals surface area contributed by atoms with Crippen molar-refractivity contribution in [2.24, 2.45) is 0 Å². The van der Waals surface area contributed by atoms with Crippen LogP contribution in [0.2, 0.25) is 0 Å². The highest BCUT2D eigenvalue weighted by Crippen LogP contribution is 2.30. The molecule has 1 aromatic carbocycles. The van der Waals surface area contributed by atoms with E-state index in [0.717, 1.165) is 15.3 Å². The maximum absolute atomic E-state index is 13.1. The highest BCUT2D eigenvalue weighted by Gasteiger charge is 2.27. The van der Waals surface area contributed by atoms with Gasteiger partial charge in [-0.1, -0.05) is 12.1 Å². The fourth-order valence-electron chi connectivity index (χ4n) is 3.68. The maximum atomic E-state index is 13.1. The van der Waals surface area contributed by atoms with Crippen LogP contribution in [0.15, 0.2) is 47.4 Å². The Labute approximate surface area is 195 Å². The third kappa shape index (κ3) is 4.57. The van der Waals surface area contributed by atoms with E-state index in [4.69, 9.17) is 0 Å². The van der Waals surface area contributed by atoms with E-state index < -0.39 is 23.3 Å². The molecule has 34 heavy (non-hydrogen) atoms. The van der Waals surface area contributed by atoms with Gasteiger partial charge in [-0.05, 0) is 43.5 Å². The summed E-state index contributed by atoms with van der Waals surface area (Å²) in [4.78, 5) is 59.5. The molecule has 0 unspecified atom stereocenters. The van der Waals surface area contributed by atoms with E-state index in [1.165, 1.54) is 35.6 Å². The van der Waals surface area contributed by atoms with Crippen LogP contribution in [0.3, 0.4) is 0 Å². The second kappa shape index (κ2) is 9.27. The zero-order chi connectivity index (χ0) is 24.4. The number of hydrogen-bond donors (Lipinski definition) is 3. The number of benzene rings is 1. The van der Waals surface area contributed by atoms with Crippen LogP contribution in [-0.2, 0) is 17.6 Å². The minimum absolute atomic E-state index is 0.0874. The summed E-state index contributed by atoms with van der Waals surface area (Å²) in [5.41, 5.74) is 0.622. The number of carbonyl (C=O) groups excluding carboxylic acids is 1. The van der Waals surface area contributed by atoms with Gasteiger partial charge >= 0.3 is 5.97 Å². The minimum atomic E-state index is -1.29. The first-order chi connectivity index (χ1) is 16.2. The first kappa shape index (κ1) is 22.9. The van der Waals surface area contributed by atoms with Crippen molar-refractivity contribution < 1.29 is 19.6 Å². The summed E-state index contributed by atoms with van der Waals surface area (Å²) in [5.74, 6) is -1.43. The average molecular weight is 481 g/mol. The smallest absolute Gasteiger partial charge is 0.323 e. The van der Waals surface area contributed by atoms with Crippen molar-refractivity contribution in [2.75, 3.05) is 11.4 Å². The molecule has 174 valence electrons. The molecule has 0 fully saturated rings. The molecule has 0 bridgehead atoms. The number of carboxylic acids is 1. The SMILES string of the molecule is Cc1nc2[nH]cc(CCc3ccc(C(=O)N(CC(=O)O)c4ccccc4[N+](=O)[O-])s3)c2c(=O)[nH]1. The fraction of sp³-hybridized carbons (Fsp3) is 0.182. The molecule has 4 rings (SSSR count). The molecule has 1 amide bonds. The minimum Gasteiger partial charge on any atom is -0.480 e. The van der Waals surface area contributed by atoms with Gasteiger partial charge in [0.1, 0.15) is 23.7 Å². The van der Waals surface area contributed by atoms with E-state index in [1.807, 2.05) is 0 Å². The van der Waals surface area contributed by atoms with Gasteiger partial charge < -0.3 is 15.1 Å². The lowest BCUT2D eigenvalue weighted by molar-refractivity contribution is -0.384. The van der Waals surface area contributed by atoms with Crippen molar-refractivity contribution in [1.82, 2.24) is 15.0 Å². The summed E-state index contributed by atoms with van der Waals surface area (Å²) < 4.78 is 0. The highest BCUT2D eigenvalue weighted by atomic mass is 32.1. The number of thiophene rings is 1. The number of aromatic amines is 2. The number of nitro benzene ring substituents is 1. The molecule has 3 heterocycles. The third-order valence-electron chi connectivity index (χ3n) is 5.16. The topological polar surface area (TPSA) is 162 Å². The molecule has 0 aliphatic heterocycles. The number of para-hydroxylation sites is 2. The number of aromatic nitrogens is 3. The Hall–Kier alpha value is -4.32. The monoisotopic (exact) mass is 481 g/mol. The largest absolute Gasteiger partial charge is 0.480 e. The second-order valence-corrected chi connectivity index (χ2v) is 8.65. The van der Waals surface area contributed by atoms with Gasteiger partial charge in [-0.3, -0.25) is 29.4 Å². The molecule has 0 aliphatic rings. The van der Waals surface area contributed by atoms with Crippen molar-refractivity contribution in [3.8, 4) is 0 Å². The van der Waals surface area contributed by atoms with Crippen LogP contribution < -0.4 is 10.5 Å². The molecular weight excluding hydrogens is 462 g/mol. The van der Waals surface area contributed by atoms with Crippen molar-refractivity contribution in [1.29, 1.82) is 0 Å². The Morgan fingerprint density at radius 2 is 1.97 bits per heavy atom. The number of nitro groups is 1. The first-order valence-electron chi connectivity index (χ1n) is 10.2. The van der Waals surface area contributed by atoms with Crippen LogP contribution in [0.4, 0.5) is 11.4 Å². The Bertz CT molecular complexity index is 1470. The van der Waals surface area contributed by atoms with Crippen molar-refractivity contribution >= 4 is 45.6 Å². The normalized spacial score (nSPS) is 11.0. The van der Waals surface area contributed by atoms with Crippen LogP contribution in [0.5, 0.6) is 0 Å². The molecule has 0 saturated heterocycles. The lowest BCUT2D eigenvalue weighted by atomic mass is 10.1. The third-order valence-corrected chi connectivity index (χ3v) is 6.30. The quantitative estimate of drug-likeness (QED) is 0.257. The fourth-order valence-corrected chi connectivity index (χ4v) is 4.64. The molecule has 3 N–H and O–H groups in total. The number of fused-ring (bicyclic) bond motifs is 1. The molecular formula is C22H19N5O6S. The van der Waals surface area contributed by atoms with Crippen molar-refractivity contribution in [3.05, 3.63) is 84.2 Å². The number of amides is 1. The van der Waals surface area contributed by atoms with E-state index in [2.05, 4.69) is 15.0 Å². The lowest BCUT2D eigenvalue weighted by Gasteiger charge is -2.19. The van der Waals surface area contributed by atoms with E-state index in [-0.39, 0.29) is 21.8 Å². The number of anilines is 1. The van der Waals surface area contributed by atoms with Gasteiger partial charge in [0.15, 0.2) is 0 Å². The molecule has 0 spiro atoms. The van der Waals surface area contributed by atoms with E-state index in [1.54, 1.807) is 25.3 Å². The van der Waals surface area contributed by atoms with Gasteiger partial charge in [0, 0.05) is 17.1 Å². The Kier molecular flexibility index (Phi) is 6.23. The number of H-pyrrole nitrogens is 2. The van der Waals surface area contributed by atoms with Gasteiger partial charge in [0.2, 0.25) is 0 Å². The zero-order valence-corrected chi connectivity index (χ0v) is 18.7. The number of carbonyl (C=O) groups is 2. The summed E-state index contributed by atoms with van der Waals surface area (Å²) >= 11 is 1.17. The number of nitrogens with one attached hydrogen (secondary N) is 2. The van der Waals surface area contributed by atoms with Gasteiger partial charge in [0.25, 0.3) is 17.2 Å². The lowest BCUT2D eigenvalue weighted by Crippen LogP contribution is -2.35. The summed E-state index contributed by atoms with van der Waals surface area (Å²) in [7, 11) is 0. The molecule has 3 aromatic heterocycles. The molecule has 12 heteroatoms. The molecule has 4 aromatic rings. The van der Waals surface area contributed by atoms with Crippen LogP contribution >= 0.6 is 11.3 Å². The molecule has 0 saturated carbocycles. The number of aliphatic carboxylic acids is 1. The maximum Gasteiger partial charge on any atom is 0.323 e. The van der Waals surface area contributed by atoms with E-state index in [0.29, 0.717) is 29.7 Å². The van der Waals surface area contributed by atoms with Gasteiger partial charge in [-0.15, -0.1) is 11.3 Å². The Balaban J connectivity index is 1.57. The number of hydrogen-bond acceptors (Lipinski definition) is 7. The number of rotatable bonds is 8. The van der Waals surface area contributed by atoms with Gasteiger partial charge in [0.05, 0.1) is 15.2 Å². The van der Waals surface area contributed by atoms with Gasteiger partial charge in [-0.25, -0.2) is 4.98 Å².